The maximum absolute atomic E-state index is 12.3. The number of carbonyl (C=O) groups is 2. The molecule has 20 heavy (non-hydrogen) atoms. The van der Waals surface area contributed by atoms with Gasteiger partial charge in [-0.25, -0.2) is 4.79 Å². The number of rotatable bonds is 5. The lowest BCUT2D eigenvalue weighted by atomic mass is 10.0. The minimum atomic E-state index is -0.927. The van der Waals surface area contributed by atoms with Crippen molar-refractivity contribution in [1.29, 1.82) is 0 Å². The SMILES string of the molecule is C[C@H](OC[C@H]1CCCO1)C(=O)N1CCCC[C@@H]1C(=O)O. The number of nitrogens with zero attached hydrogens (tertiary/aromatic N) is 1. The molecule has 0 aliphatic carbocycles. The Bertz CT molecular complexity index is 353. The molecule has 2 rings (SSSR count). The molecule has 0 aromatic rings. The van der Waals surface area contributed by atoms with Crippen LogP contribution in [0.15, 0.2) is 0 Å². The highest BCUT2D eigenvalue weighted by molar-refractivity contribution is 5.86. The first-order valence-corrected chi connectivity index (χ1v) is 7.36. The van der Waals surface area contributed by atoms with E-state index in [0.29, 0.717) is 19.6 Å². The maximum Gasteiger partial charge on any atom is 0.326 e. The summed E-state index contributed by atoms with van der Waals surface area (Å²) in [5.74, 6) is -1.15. The predicted octanol–water partition coefficient (Wildman–Crippen LogP) is 1.04. The van der Waals surface area contributed by atoms with E-state index >= 15 is 0 Å². The van der Waals surface area contributed by atoms with Crippen LogP contribution in [0.1, 0.15) is 39.0 Å². The Balaban J connectivity index is 1.85. The lowest BCUT2D eigenvalue weighted by Gasteiger charge is -2.34. The molecule has 1 N–H and O–H groups in total. The van der Waals surface area contributed by atoms with E-state index < -0.39 is 18.1 Å². The fraction of sp³-hybridized carbons (Fsp3) is 0.857. The van der Waals surface area contributed by atoms with Crippen LogP contribution in [0.3, 0.4) is 0 Å². The van der Waals surface area contributed by atoms with Gasteiger partial charge in [0.2, 0.25) is 0 Å². The topological polar surface area (TPSA) is 76.1 Å². The third kappa shape index (κ3) is 3.70. The monoisotopic (exact) mass is 285 g/mol. The zero-order chi connectivity index (χ0) is 14.5. The summed E-state index contributed by atoms with van der Waals surface area (Å²) in [5, 5.41) is 9.19. The molecule has 3 atom stereocenters. The summed E-state index contributed by atoms with van der Waals surface area (Å²) in [6.45, 7) is 3.34. The highest BCUT2D eigenvalue weighted by Crippen LogP contribution is 2.19. The van der Waals surface area contributed by atoms with Crippen molar-refractivity contribution >= 4 is 11.9 Å². The molecule has 2 aliphatic rings. The van der Waals surface area contributed by atoms with Crippen LogP contribution in [-0.2, 0) is 19.1 Å². The van der Waals surface area contributed by atoms with Gasteiger partial charge in [-0.3, -0.25) is 4.79 Å². The predicted molar refractivity (Wildman–Crippen MR) is 71.4 cm³/mol. The van der Waals surface area contributed by atoms with Gasteiger partial charge in [-0.15, -0.1) is 0 Å². The molecule has 6 nitrogen and oxygen atoms in total. The van der Waals surface area contributed by atoms with Gasteiger partial charge in [-0.1, -0.05) is 0 Å². The molecule has 0 bridgehead atoms. The number of carboxylic acid groups (broad SMARTS) is 1. The van der Waals surface area contributed by atoms with Gasteiger partial charge in [0.05, 0.1) is 12.7 Å². The first-order valence-electron chi connectivity index (χ1n) is 7.36. The molecule has 0 aromatic carbocycles. The second-order valence-corrected chi connectivity index (χ2v) is 5.49. The van der Waals surface area contributed by atoms with E-state index in [9.17, 15) is 14.7 Å². The second-order valence-electron chi connectivity index (χ2n) is 5.49. The van der Waals surface area contributed by atoms with Crippen LogP contribution in [0.25, 0.3) is 0 Å². The zero-order valence-corrected chi connectivity index (χ0v) is 11.9. The Morgan fingerprint density at radius 3 is 2.80 bits per heavy atom. The number of carbonyl (C=O) groups excluding carboxylic acids is 1. The standard InChI is InChI=1S/C14H23NO5/c1-10(20-9-11-5-4-8-19-11)13(16)15-7-3-2-6-12(15)14(17)18/h10-12H,2-9H2,1H3,(H,17,18)/t10-,11+,12+/m0/s1. The van der Waals surface area contributed by atoms with Gasteiger partial charge in [-0.05, 0) is 39.0 Å². The molecular formula is C14H23NO5. The Morgan fingerprint density at radius 1 is 1.35 bits per heavy atom. The van der Waals surface area contributed by atoms with Crippen LogP contribution >= 0.6 is 0 Å². The first kappa shape index (κ1) is 15.3. The largest absolute Gasteiger partial charge is 0.480 e. The summed E-state index contributed by atoms with van der Waals surface area (Å²) in [6.07, 6.45) is 3.69. The van der Waals surface area contributed by atoms with Crippen molar-refractivity contribution in [2.45, 2.75) is 57.3 Å². The van der Waals surface area contributed by atoms with E-state index in [-0.39, 0.29) is 12.0 Å². The van der Waals surface area contributed by atoms with Crippen LogP contribution in [-0.4, -0.2) is 59.9 Å². The van der Waals surface area contributed by atoms with E-state index in [1.165, 1.54) is 4.90 Å². The van der Waals surface area contributed by atoms with E-state index in [0.717, 1.165) is 32.3 Å². The molecule has 0 aromatic heterocycles. The number of hydrogen-bond donors (Lipinski definition) is 1. The van der Waals surface area contributed by atoms with Crippen molar-refractivity contribution < 1.29 is 24.2 Å². The quantitative estimate of drug-likeness (QED) is 0.816. The third-order valence-corrected chi connectivity index (χ3v) is 3.97. The molecule has 0 radical (unpaired) electrons. The normalized spacial score (nSPS) is 28.4. The first-order chi connectivity index (χ1) is 9.59. The lowest BCUT2D eigenvalue weighted by molar-refractivity contribution is -0.158. The van der Waals surface area contributed by atoms with Gasteiger partial charge in [0, 0.05) is 13.2 Å². The van der Waals surface area contributed by atoms with Crippen LogP contribution < -0.4 is 0 Å². The van der Waals surface area contributed by atoms with Crippen molar-refractivity contribution in [1.82, 2.24) is 4.90 Å². The van der Waals surface area contributed by atoms with Crippen molar-refractivity contribution in [3.8, 4) is 0 Å². The van der Waals surface area contributed by atoms with Crippen molar-refractivity contribution in [3.63, 3.8) is 0 Å². The van der Waals surface area contributed by atoms with E-state index in [1.54, 1.807) is 6.92 Å². The molecule has 6 heteroatoms. The molecule has 0 spiro atoms. The van der Waals surface area contributed by atoms with Crippen molar-refractivity contribution in [2.24, 2.45) is 0 Å². The Hall–Kier alpha value is -1.14. The van der Waals surface area contributed by atoms with Gasteiger partial charge in [0.15, 0.2) is 0 Å². The molecule has 1 amide bonds. The second kappa shape index (κ2) is 7.04. The molecule has 2 saturated heterocycles. The number of likely N-dealkylation sites (tertiary alicyclic amines) is 1. The fourth-order valence-electron chi connectivity index (χ4n) is 2.78. The average Bonchev–Trinajstić information content (AvgIpc) is 2.97. The highest BCUT2D eigenvalue weighted by Gasteiger charge is 2.34. The van der Waals surface area contributed by atoms with E-state index in [4.69, 9.17) is 9.47 Å². The molecule has 0 saturated carbocycles. The molecule has 114 valence electrons. The summed E-state index contributed by atoms with van der Waals surface area (Å²) in [6, 6.07) is -0.704. The summed E-state index contributed by atoms with van der Waals surface area (Å²) in [7, 11) is 0. The lowest BCUT2D eigenvalue weighted by Crippen LogP contribution is -2.51. The zero-order valence-electron chi connectivity index (χ0n) is 11.9. The van der Waals surface area contributed by atoms with Gasteiger partial charge < -0.3 is 19.5 Å². The van der Waals surface area contributed by atoms with Crippen LogP contribution in [0.4, 0.5) is 0 Å². The number of ether oxygens (including phenoxy) is 2. The van der Waals surface area contributed by atoms with Gasteiger partial charge in [-0.2, -0.15) is 0 Å². The van der Waals surface area contributed by atoms with E-state index in [2.05, 4.69) is 0 Å². The summed E-state index contributed by atoms with van der Waals surface area (Å²) >= 11 is 0. The van der Waals surface area contributed by atoms with Crippen molar-refractivity contribution in [2.75, 3.05) is 19.8 Å². The molecule has 2 fully saturated rings. The van der Waals surface area contributed by atoms with E-state index in [1.807, 2.05) is 0 Å². The van der Waals surface area contributed by atoms with Gasteiger partial charge in [0.25, 0.3) is 5.91 Å². The highest BCUT2D eigenvalue weighted by atomic mass is 16.5. The minimum absolute atomic E-state index is 0.0712. The van der Waals surface area contributed by atoms with Crippen LogP contribution in [0, 0.1) is 0 Å². The van der Waals surface area contributed by atoms with Gasteiger partial charge in [0.1, 0.15) is 12.1 Å². The van der Waals surface area contributed by atoms with Crippen LogP contribution in [0.5, 0.6) is 0 Å². The van der Waals surface area contributed by atoms with Crippen molar-refractivity contribution in [3.05, 3.63) is 0 Å². The molecule has 2 aliphatic heterocycles. The van der Waals surface area contributed by atoms with Gasteiger partial charge >= 0.3 is 5.97 Å². The molecule has 0 unspecified atom stereocenters. The summed E-state index contributed by atoms with van der Waals surface area (Å²) in [4.78, 5) is 25.0. The Morgan fingerprint density at radius 2 is 2.15 bits per heavy atom. The van der Waals surface area contributed by atoms with Crippen LogP contribution in [0.2, 0.25) is 0 Å². The fourth-order valence-corrected chi connectivity index (χ4v) is 2.78. The Kier molecular flexibility index (Phi) is 5.37. The maximum atomic E-state index is 12.3. The molecule has 2 heterocycles. The summed E-state index contributed by atoms with van der Waals surface area (Å²) < 4.78 is 11.0. The summed E-state index contributed by atoms with van der Waals surface area (Å²) in [5.41, 5.74) is 0. The number of amides is 1. The minimum Gasteiger partial charge on any atom is -0.480 e. The average molecular weight is 285 g/mol. The molecular weight excluding hydrogens is 262 g/mol. The number of piperidine rings is 1. The number of carboxylic acids is 1. The number of aliphatic carboxylic acids is 1. The Labute approximate surface area is 119 Å². The smallest absolute Gasteiger partial charge is 0.326 e. The third-order valence-electron chi connectivity index (χ3n) is 3.97. The number of hydrogen-bond acceptors (Lipinski definition) is 4.